The Morgan fingerprint density at radius 3 is 2.52 bits per heavy atom. The van der Waals surface area contributed by atoms with E-state index < -0.39 is 11.9 Å². The summed E-state index contributed by atoms with van der Waals surface area (Å²) in [4.78, 5) is 23.4. The number of rotatable bonds is 8. The van der Waals surface area contributed by atoms with Gasteiger partial charge in [-0.2, -0.15) is 5.10 Å². The van der Waals surface area contributed by atoms with E-state index in [1.54, 1.807) is 42.5 Å². The van der Waals surface area contributed by atoms with Crippen molar-refractivity contribution in [3.63, 3.8) is 0 Å². The molecule has 8 heteroatoms. The van der Waals surface area contributed by atoms with E-state index in [1.165, 1.54) is 25.5 Å². The molecule has 0 aliphatic rings. The summed E-state index contributed by atoms with van der Waals surface area (Å²) >= 11 is 3.34. The van der Waals surface area contributed by atoms with Crippen molar-refractivity contribution in [3.8, 4) is 11.5 Å². The summed E-state index contributed by atoms with van der Waals surface area (Å²) in [6.45, 7) is 0.256. The number of amides is 1. The Hall–Kier alpha value is -3.65. The fourth-order valence-corrected chi connectivity index (χ4v) is 3.06. The molecule has 0 saturated heterocycles. The lowest BCUT2D eigenvalue weighted by atomic mass is 10.1. The zero-order chi connectivity index (χ0) is 22.2. The van der Waals surface area contributed by atoms with E-state index >= 15 is 0 Å². The van der Waals surface area contributed by atoms with Gasteiger partial charge in [0.25, 0.3) is 5.91 Å². The van der Waals surface area contributed by atoms with Gasteiger partial charge in [-0.3, -0.25) is 4.79 Å². The first-order valence-corrected chi connectivity index (χ1v) is 9.98. The van der Waals surface area contributed by atoms with E-state index in [9.17, 15) is 9.59 Å². The molecular formula is C23H19BrN2O5. The third-order valence-corrected chi connectivity index (χ3v) is 4.78. The summed E-state index contributed by atoms with van der Waals surface area (Å²) in [6.07, 6.45) is 1.49. The Bertz CT molecular complexity index is 1110. The summed E-state index contributed by atoms with van der Waals surface area (Å²) < 4.78 is 11.8. The number of carbonyl (C=O) groups excluding carboxylic acids is 1. The van der Waals surface area contributed by atoms with Crippen molar-refractivity contribution in [2.24, 2.45) is 5.10 Å². The Balaban J connectivity index is 1.66. The van der Waals surface area contributed by atoms with Crippen molar-refractivity contribution in [1.29, 1.82) is 0 Å². The Labute approximate surface area is 187 Å². The molecule has 7 nitrogen and oxygen atoms in total. The number of carboxylic acids is 1. The van der Waals surface area contributed by atoms with Gasteiger partial charge >= 0.3 is 5.97 Å². The molecule has 0 aliphatic carbocycles. The van der Waals surface area contributed by atoms with Crippen LogP contribution in [0.3, 0.4) is 0 Å². The summed E-state index contributed by atoms with van der Waals surface area (Å²) in [7, 11) is 1.49. The number of nitrogens with zero attached hydrogens (tertiary/aromatic N) is 1. The predicted molar refractivity (Wildman–Crippen MR) is 120 cm³/mol. The van der Waals surface area contributed by atoms with E-state index in [2.05, 4.69) is 26.5 Å². The number of halogens is 1. The monoisotopic (exact) mass is 482 g/mol. The van der Waals surface area contributed by atoms with Gasteiger partial charge in [-0.05, 0) is 48.0 Å². The number of aromatic carboxylic acids is 1. The Morgan fingerprint density at radius 2 is 1.81 bits per heavy atom. The number of benzene rings is 3. The lowest BCUT2D eigenvalue weighted by Crippen LogP contribution is -2.18. The maximum Gasteiger partial charge on any atom is 0.335 e. The highest BCUT2D eigenvalue weighted by atomic mass is 79.9. The second-order valence-electron chi connectivity index (χ2n) is 6.37. The number of nitrogens with one attached hydrogen (secondary N) is 1. The Kier molecular flexibility index (Phi) is 7.40. The second-order valence-corrected chi connectivity index (χ2v) is 7.29. The minimum atomic E-state index is -0.975. The van der Waals surface area contributed by atoms with Crippen molar-refractivity contribution >= 4 is 34.0 Å². The number of methoxy groups -OCH3 is 1. The van der Waals surface area contributed by atoms with Gasteiger partial charge in [0, 0.05) is 10.0 Å². The molecule has 0 saturated carbocycles. The van der Waals surface area contributed by atoms with E-state index in [-0.39, 0.29) is 12.2 Å². The third-order valence-electron chi connectivity index (χ3n) is 4.29. The molecule has 3 rings (SSSR count). The molecule has 0 radical (unpaired) electrons. The van der Waals surface area contributed by atoms with Gasteiger partial charge in [0.05, 0.1) is 24.5 Å². The lowest BCUT2D eigenvalue weighted by Gasteiger charge is -2.10. The molecule has 3 aromatic rings. The minimum Gasteiger partial charge on any atom is -0.496 e. The number of hydrogen-bond acceptors (Lipinski definition) is 5. The van der Waals surface area contributed by atoms with Crippen LogP contribution in [0.1, 0.15) is 31.8 Å². The van der Waals surface area contributed by atoms with Gasteiger partial charge in [0.2, 0.25) is 0 Å². The first-order valence-electron chi connectivity index (χ1n) is 9.19. The summed E-state index contributed by atoms with van der Waals surface area (Å²) in [5.74, 6) is -0.376. The van der Waals surface area contributed by atoms with Crippen LogP contribution in [0.25, 0.3) is 0 Å². The number of para-hydroxylation sites is 1. The van der Waals surface area contributed by atoms with Crippen LogP contribution in [-0.2, 0) is 6.61 Å². The van der Waals surface area contributed by atoms with E-state index in [4.69, 9.17) is 14.6 Å². The molecule has 0 aromatic heterocycles. The molecule has 2 N–H and O–H groups in total. The summed E-state index contributed by atoms with van der Waals surface area (Å²) in [5.41, 5.74) is 4.55. The molecule has 0 bridgehead atoms. The highest BCUT2D eigenvalue weighted by Crippen LogP contribution is 2.23. The van der Waals surface area contributed by atoms with Crippen molar-refractivity contribution in [2.45, 2.75) is 6.61 Å². The maximum absolute atomic E-state index is 12.4. The van der Waals surface area contributed by atoms with E-state index in [0.29, 0.717) is 22.6 Å². The number of hydrogen-bond donors (Lipinski definition) is 2. The quantitative estimate of drug-likeness (QED) is 0.363. The average molecular weight is 483 g/mol. The number of carbonyl (C=O) groups is 2. The fraction of sp³-hybridized carbons (Fsp3) is 0.0870. The van der Waals surface area contributed by atoms with Gasteiger partial charge in [-0.25, -0.2) is 10.2 Å². The lowest BCUT2D eigenvalue weighted by molar-refractivity contribution is 0.0696. The zero-order valence-electron chi connectivity index (χ0n) is 16.5. The minimum absolute atomic E-state index is 0.217. The molecule has 3 aromatic carbocycles. The predicted octanol–water partition coefficient (Wildman–Crippen LogP) is 4.50. The van der Waals surface area contributed by atoms with Gasteiger partial charge < -0.3 is 14.6 Å². The summed E-state index contributed by atoms with van der Waals surface area (Å²) in [5, 5.41) is 13.0. The molecular weight excluding hydrogens is 464 g/mol. The SMILES string of the molecule is COc1ccc(Br)cc1C(=O)N/N=C\c1ccccc1OCc1ccc(C(=O)O)cc1. The molecule has 0 heterocycles. The van der Waals surface area contributed by atoms with Crippen molar-refractivity contribution in [2.75, 3.05) is 7.11 Å². The molecule has 0 unspecified atom stereocenters. The maximum atomic E-state index is 12.4. The average Bonchev–Trinajstić information content (AvgIpc) is 2.78. The second kappa shape index (κ2) is 10.4. The molecule has 0 aliphatic heterocycles. The standard InChI is InChI=1S/C23H19BrN2O5/c1-30-21-11-10-18(24)12-19(21)22(27)26-25-13-17-4-2-3-5-20(17)31-14-15-6-8-16(9-7-15)23(28)29/h2-13H,14H2,1H3,(H,26,27)(H,28,29)/b25-13-. The van der Waals surface area contributed by atoms with Crippen molar-refractivity contribution < 1.29 is 24.2 Å². The normalized spacial score (nSPS) is 10.6. The largest absolute Gasteiger partial charge is 0.496 e. The van der Waals surface area contributed by atoms with E-state index in [0.717, 1.165) is 10.0 Å². The molecule has 31 heavy (non-hydrogen) atoms. The van der Waals surface area contributed by atoms with Crippen LogP contribution in [0.2, 0.25) is 0 Å². The van der Waals surface area contributed by atoms with Crippen LogP contribution in [0, 0.1) is 0 Å². The van der Waals surface area contributed by atoms with Crippen molar-refractivity contribution in [1.82, 2.24) is 5.43 Å². The van der Waals surface area contributed by atoms with Crippen LogP contribution < -0.4 is 14.9 Å². The topological polar surface area (TPSA) is 97.2 Å². The van der Waals surface area contributed by atoms with Gasteiger partial charge in [0.15, 0.2) is 0 Å². The molecule has 158 valence electrons. The van der Waals surface area contributed by atoms with Gasteiger partial charge in [0.1, 0.15) is 18.1 Å². The van der Waals surface area contributed by atoms with E-state index in [1.807, 2.05) is 12.1 Å². The number of hydrazone groups is 1. The molecule has 0 spiro atoms. The number of carboxylic acid groups (broad SMARTS) is 1. The van der Waals surface area contributed by atoms with Crippen LogP contribution >= 0.6 is 15.9 Å². The van der Waals surface area contributed by atoms with Gasteiger partial charge in [-0.1, -0.05) is 40.2 Å². The van der Waals surface area contributed by atoms with Crippen LogP contribution in [0.15, 0.2) is 76.3 Å². The molecule has 0 fully saturated rings. The van der Waals surface area contributed by atoms with Crippen LogP contribution in [0.5, 0.6) is 11.5 Å². The molecule has 1 amide bonds. The third kappa shape index (κ3) is 5.93. The first kappa shape index (κ1) is 22.0. The van der Waals surface area contributed by atoms with Crippen LogP contribution in [-0.4, -0.2) is 30.3 Å². The smallest absolute Gasteiger partial charge is 0.335 e. The molecule has 0 atom stereocenters. The zero-order valence-corrected chi connectivity index (χ0v) is 18.1. The fourth-order valence-electron chi connectivity index (χ4n) is 2.70. The summed E-state index contributed by atoms with van der Waals surface area (Å²) in [6, 6.07) is 18.8. The highest BCUT2D eigenvalue weighted by molar-refractivity contribution is 9.10. The Morgan fingerprint density at radius 1 is 1.06 bits per heavy atom. The van der Waals surface area contributed by atoms with Crippen LogP contribution in [0.4, 0.5) is 0 Å². The number of ether oxygens (including phenoxy) is 2. The van der Waals surface area contributed by atoms with Gasteiger partial charge in [-0.15, -0.1) is 0 Å². The first-order chi connectivity index (χ1) is 15.0. The highest BCUT2D eigenvalue weighted by Gasteiger charge is 2.12. The van der Waals surface area contributed by atoms with Crippen molar-refractivity contribution in [3.05, 3.63) is 93.5 Å².